The first-order valence-corrected chi connectivity index (χ1v) is 9.77. The van der Waals surface area contributed by atoms with Crippen molar-refractivity contribution in [2.75, 3.05) is 26.2 Å². The van der Waals surface area contributed by atoms with Crippen molar-refractivity contribution in [3.8, 4) is 0 Å². The van der Waals surface area contributed by atoms with Gasteiger partial charge in [-0.2, -0.15) is 13.2 Å². The van der Waals surface area contributed by atoms with Gasteiger partial charge >= 0.3 is 12.1 Å². The molecule has 0 bridgehead atoms. The molecule has 11 heteroatoms. The molecule has 29 heavy (non-hydrogen) atoms. The molecule has 2 aromatic heterocycles. The van der Waals surface area contributed by atoms with E-state index in [0.29, 0.717) is 17.5 Å². The van der Waals surface area contributed by atoms with Gasteiger partial charge in [-0.05, 0) is 23.5 Å². The number of aliphatic carboxylic acids is 1. The standard InChI is InChI=1S/C16H18N4OS.C2HF3O2/c21-16(15-10-22-11-18-15)20-8-13-6-19(7-14(13)9-20)5-12-2-1-3-17-4-12;3-2(4,5)1(6)7/h1-4,10-11,13-14H,5-9H2;(H,6,7). The lowest BCUT2D eigenvalue weighted by atomic mass is 10.0. The van der Waals surface area contributed by atoms with E-state index in [1.54, 1.807) is 5.51 Å². The van der Waals surface area contributed by atoms with E-state index in [2.05, 4.69) is 20.9 Å². The van der Waals surface area contributed by atoms with E-state index in [4.69, 9.17) is 9.90 Å². The van der Waals surface area contributed by atoms with Crippen LogP contribution in [-0.4, -0.2) is 69.1 Å². The number of rotatable bonds is 3. The molecule has 0 aromatic carbocycles. The summed E-state index contributed by atoms with van der Waals surface area (Å²) in [7, 11) is 0. The second kappa shape index (κ2) is 8.87. The molecule has 4 rings (SSSR count). The van der Waals surface area contributed by atoms with Gasteiger partial charge in [0.25, 0.3) is 5.91 Å². The van der Waals surface area contributed by atoms with Crippen LogP contribution in [0.4, 0.5) is 13.2 Å². The average molecular weight is 428 g/mol. The minimum Gasteiger partial charge on any atom is -0.475 e. The van der Waals surface area contributed by atoms with Crippen LogP contribution in [0.1, 0.15) is 16.1 Å². The van der Waals surface area contributed by atoms with Crippen molar-refractivity contribution < 1.29 is 27.9 Å². The number of carbonyl (C=O) groups is 2. The van der Waals surface area contributed by atoms with Crippen molar-refractivity contribution in [1.29, 1.82) is 0 Å². The van der Waals surface area contributed by atoms with E-state index in [1.807, 2.05) is 28.7 Å². The van der Waals surface area contributed by atoms with Crippen LogP contribution >= 0.6 is 11.3 Å². The predicted molar refractivity (Wildman–Crippen MR) is 98.2 cm³/mol. The van der Waals surface area contributed by atoms with Crippen LogP contribution in [0.15, 0.2) is 35.4 Å². The highest BCUT2D eigenvalue weighted by Crippen LogP contribution is 2.32. The van der Waals surface area contributed by atoms with Crippen molar-refractivity contribution in [3.05, 3.63) is 46.7 Å². The number of nitrogens with zero attached hydrogens (tertiary/aromatic N) is 4. The molecule has 1 amide bonds. The second-order valence-corrected chi connectivity index (χ2v) is 7.68. The maximum Gasteiger partial charge on any atom is 0.490 e. The number of hydrogen-bond acceptors (Lipinski definition) is 6. The molecule has 1 N–H and O–H groups in total. The molecule has 2 fully saturated rings. The minimum absolute atomic E-state index is 0.0921. The summed E-state index contributed by atoms with van der Waals surface area (Å²) in [6, 6.07) is 4.11. The number of amides is 1. The summed E-state index contributed by atoms with van der Waals surface area (Å²) in [5.74, 6) is -1.47. The first-order chi connectivity index (χ1) is 13.7. The lowest BCUT2D eigenvalue weighted by Crippen LogP contribution is -2.33. The number of thiazole rings is 1. The molecule has 2 atom stereocenters. The molecule has 2 unspecified atom stereocenters. The maximum atomic E-state index is 12.4. The fourth-order valence-corrected chi connectivity index (χ4v) is 4.14. The van der Waals surface area contributed by atoms with Gasteiger partial charge in [-0.1, -0.05) is 6.07 Å². The summed E-state index contributed by atoms with van der Waals surface area (Å²) in [6.07, 6.45) is -1.34. The third kappa shape index (κ3) is 5.51. The third-order valence-corrected chi connectivity index (χ3v) is 5.46. The minimum atomic E-state index is -5.08. The summed E-state index contributed by atoms with van der Waals surface area (Å²) in [5, 5.41) is 8.96. The number of pyridine rings is 1. The number of likely N-dealkylation sites (tertiary alicyclic amines) is 2. The van der Waals surface area contributed by atoms with E-state index in [0.717, 1.165) is 32.7 Å². The van der Waals surface area contributed by atoms with Crippen molar-refractivity contribution in [2.45, 2.75) is 12.7 Å². The molecular formula is C18H19F3N4O3S. The molecule has 0 saturated carbocycles. The Bertz CT molecular complexity index is 819. The fourth-order valence-electron chi connectivity index (χ4n) is 3.62. The molecule has 2 aliphatic heterocycles. The summed E-state index contributed by atoms with van der Waals surface area (Å²) in [4.78, 5) is 34.0. The summed E-state index contributed by atoms with van der Waals surface area (Å²) in [5.41, 5.74) is 3.58. The Balaban J connectivity index is 0.000000298. The van der Waals surface area contributed by atoms with Gasteiger partial charge in [-0.25, -0.2) is 9.78 Å². The van der Waals surface area contributed by atoms with Crippen molar-refractivity contribution >= 4 is 23.2 Å². The molecule has 0 spiro atoms. The number of carboxylic acids is 1. The van der Waals surface area contributed by atoms with Gasteiger partial charge in [0.1, 0.15) is 5.69 Å². The Hall–Kier alpha value is -2.53. The van der Waals surface area contributed by atoms with Crippen molar-refractivity contribution in [2.24, 2.45) is 11.8 Å². The molecule has 4 heterocycles. The van der Waals surface area contributed by atoms with Crippen molar-refractivity contribution in [3.63, 3.8) is 0 Å². The molecule has 2 aromatic rings. The zero-order valence-electron chi connectivity index (χ0n) is 15.2. The molecule has 0 radical (unpaired) electrons. The van der Waals surface area contributed by atoms with E-state index in [9.17, 15) is 18.0 Å². The Morgan fingerprint density at radius 3 is 2.34 bits per heavy atom. The normalized spacial score (nSPS) is 21.4. The van der Waals surface area contributed by atoms with Crippen LogP contribution in [0.5, 0.6) is 0 Å². The predicted octanol–water partition coefficient (Wildman–Crippen LogP) is 2.38. The summed E-state index contributed by atoms with van der Waals surface area (Å²) in [6.45, 7) is 4.83. The number of hydrogen-bond donors (Lipinski definition) is 1. The monoisotopic (exact) mass is 428 g/mol. The van der Waals surface area contributed by atoms with Gasteiger partial charge in [-0.3, -0.25) is 14.7 Å². The van der Waals surface area contributed by atoms with Gasteiger partial charge in [0.2, 0.25) is 0 Å². The number of carboxylic acid groups (broad SMARTS) is 1. The largest absolute Gasteiger partial charge is 0.490 e. The molecule has 2 aliphatic rings. The average Bonchev–Trinajstić information content (AvgIpc) is 3.38. The SMILES string of the molecule is O=C(O)C(F)(F)F.O=C(c1cscn1)N1CC2CN(Cc3cccnc3)CC2C1. The van der Waals surface area contributed by atoms with Crippen LogP contribution in [0.2, 0.25) is 0 Å². The maximum absolute atomic E-state index is 12.4. The first kappa shape index (κ1) is 21.2. The molecular weight excluding hydrogens is 409 g/mol. The fraction of sp³-hybridized carbons (Fsp3) is 0.444. The van der Waals surface area contributed by atoms with E-state index >= 15 is 0 Å². The molecule has 2 saturated heterocycles. The lowest BCUT2D eigenvalue weighted by molar-refractivity contribution is -0.192. The van der Waals surface area contributed by atoms with Crippen LogP contribution in [0.3, 0.4) is 0 Å². The van der Waals surface area contributed by atoms with Crippen LogP contribution in [-0.2, 0) is 11.3 Å². The van der Waals surface area contributed by atoms with Crippen LogP contribution < -0.4 is 0 Å². The Kier molecular flexibility index (Phi) is 6.48. The van der Waals surface area contributed by atoms with Gasteiger partial charge in [0.05, 0.1) is 5.51 Å². The zero-order chi connectivity index (χ0) is 21.0. The van der Waals surface area contributed by atoms with Crippen LogP contribution in [0.25, 0.3) is 0 Å². The van der Waals surface area contributed by atoms with Gasteiger partial charge in [-0.15, -0.1) is 11.3 Å². The summed E-state index contributed by atoms with van der Waals surface area (Å²) < 4.78 is 31.7. The van der Waals surface area contributed by atoms with Gasteiger partial charge in [0, 0.05) is 50.5 Å². The number of fused-ring (bicyclic) bond motifs is 1. The molecule has 156 valence electrons. The van der Waals surface area contributed by atoms with Crippen LogP contribution in [0, 0.1) is 11.8 Å². The van der Waals surface area contributed by atoms with E-state index in [1.165, 1.54) is 16.9 Å². The van der Waals surface area contributed by atoms with Gasteiger partial charge in [0.15, 0.2) is 0 Å². The first-order valence-electron chi connectivity index (χ1n) is 8.83. The highest BCUT2D eigenvalue weighted by atomic mass is 32.1. The zero-order valence-corrected chi connectivity index (χ0v) is 16.1. The number of alkyl halides is 3. The quantitative estimate of drug-likeness (QED) is 0.808. The molecule has 0 aliphatic carbocycles. The highest BCUT2D eigenvalue weighted by molar-refractivity contribution is 7.07. The summed E-state index contributed by atoms with van der Waals surface area (Å²) >= 11 is 1.48. The highest BCUT2D eigenvalue weighted by Gasteiger charge is 2.41. The lowest BCUT2D eigenvalue weighted by Gasteiger charge is -2.21. The topological polar surface area (TPSA) is 86.6 Å². The van der Waals surface area contributed by atoms with E-state index in [-0.39, 0.29) is 5.91 Å². The number of halogens is 3. The Morgan fingerprint density at radius 1 is 1.21 bits per heavy atom. The third-order valence-electron chi connectivity index (χ3n) is 4.87. The smallest absolute Gasteiger partial charge is 0.475 e. The second-order valence-electron chi connectivity index (χ2n) is 6.96. The molecule has 7 nitrogen and oxygen atoms in total. The Morgan fingerprint density at radius 2 is 1.86 bits per heavy atom. The number of aromatic nitrogens is 2. The number of carbonyl (C=O) groups excluding carboxylic acids is 1. The van der Waals surface area contributed by atoms with Crippen molar-refractivity contribution in [1.82, 2.24) is 19.8 Å². The van der Waals surface area contributed by atoms with Gasteiger partial charge < -0.3 is 10.0 Å². The Labute approximate surface area is 168 Å². The van der Waals surface area contributed by atoms with E-state index < -0.39 is 12.1 Å².